The SMILES string of the molecule is CCCOC(=O)c1ccc(CN2C(=O)NC(C)(c3ccc(OC)c(C)c3)C2=O)cc1. The summed E-state index contributed by atoms with van der Waals surface area (Å²) < 4.78 is 10.4. The van der Waals surface area contributed by atoms with Crippen LogP contribution in [0.3, 0.4) is 0 Å². The smallest absolute Gasteiger partial charge is 0.338 e. The van der Waals surface area contributed by atoms with E-state index in [1.807, 2.05) is 19.9 Å². The summed E-state index contributed by atoms with van der Waals surface area (Å²) in [6.45, 7) is 5.99. The molecule has 0 radical (unpaired) electrons. The van der Waals surface area contributed by atoms with E-state index in [1.54, 1.807) is 50.4 Å². The van der Waals surface area contributed by atoms with Gasteiger partial charge in [0.15, 0.2) is 0 Å². The zero-order chi connectivity index (χ0) is 21.9. The van der Waals surface area contributed by atoms with Crippen LogP contribution in [0.4, 0.5) is 4.79 Å². The maximum atomic E-state index is 13.1. The maximum absolute atomic E-state index is 13.1. The molecule has 3 rings (SSSR count). The molecule has 0 saturated carbocycles. The Morgan fingerprint density at radius 3 is 2.43 bits per heavy atom. The number of nitrogens with one attached hydrogen (secondary N) is 1. The molecule has 1 aliphatic heterocycles. The number of nitrogens with zero attached hydrogens (tertiary/aromatic N) is 1. The number of benzene rings is 2. The molecule has 0 aliphatic carbocycles. The summed E-state index contributed by atoms with van der Waals surface area (Å²) in [7, 11) is 1.59. The first-order chi connectivity index (χ1) is 14.3. The van der Waals surface area contributed by atoms with Crippen LogP contribution in [0.1, 0.15) is 47.3 Å². The van der Waals surface area contributed by atoms with Gasteiger partial charge in [0.25, 0.3) is 5.91 Å². The van der Waals surface area contributed by atoms with Gasteiger partial charge in [0.05, 0.1) is 25.8 Å². The topological polar surface area (TPSA) is 84.9 Å². The van der Waals surface area contributed by atoms with Crippen LogP contribution >= 0.6 is 0 Å². The fourth-order valence-corrected chi connectivity index (χ4v) is 3.43. The number of aryl methyl sites for hydroxylation is 1. The van der Waals surface area contributed by atoms with Crippen LogP contribution in [0.15, 0.2) is 42.5 Å². The largest absolute Gasteiger partial charge is 0.496 e. The van der Waals surface area contributed by atoms with Gasteiger partial charge in [-0.2, -0.15) is 0 Å². The second-order valence-electron chi connectivity index (χ2n) is 7.46. The van der Waals surface area contributed by atoms with Crippen LogP contribution in [-0.2, 0) is 21.6 Å². The first-order valence-electron chi connectivity index (χ1n) is 9.85. The molecule has 1 heterocycles. The quantitative estimate of drug-likeness (QED) is 0.557. The molecule has 7 nitrogen and oxygen atoms in total. The van der Waals surface area contributed by atoms with Crippen LogP contribution < -0.4 is 10.1 Å². The van der Waals surface area contributed by atoms with Crippen molar-refractivity contribution in [2.45, 2.75) is 39.3 Å². The molecule has 30 heavy (non-hydrogen) atoms. The Morgan fingerprint density at radius 1 is 1.13 bits per heavy atom. The molecular formula is C23H26N2O5. The van der Waals surface area contributed by atoms with Crippen molar-refractivity contribution in [1.82, 2.24) is 10.2 Å². The minimum Gasteiger partial charge on any atom is -0.496 e. The second-order valence-corrected chi connectivity index (χ2v) is 7.46. The highest BCUT2D eigenvalue weighted by Gasteiger charge is 2.49. The number of rotatable bonds is 7. The van der Waals surface area contributed by atoms with Gasteiger partial charge in [-0.3, -0.25) is 9.69 Å². The second kappa shape index (κ2) is 8.57. The summed E-state index contributed by atoms with van der Waals surface area (Å²) in [6.07, 6.45) is 0.752. The fraction of sp³-hybridized carbons (Fsp3) is 0.348. The highest BCUT2D eigenvalue weighted by atomic mass is 16.5. The zero-order valence-electron chi connectivity index (χ0n) is 17.7. The molecule has 1 N–H and O–H groups in total. The summed E-state index contributed by atoms with van der Waals surface area (Å²) >= 11 is 0. The molecule has 2 aromatic carbocycles. The van der Waals surface area contributed by atoms with Gasteiger partial charge >= 0.3 is 12.0 Å². The molecule has 158 valence electrons. The molecule has 7 heteroatoms. The van der Waals surface area contributed by atoms with Crippen molar-refractivity contribution in [2.75, 3.05) is 13.7 Å². The molecule has 1 fully saturated rings. The van der Waals surface area contributed by atoms with E-state index in [2.05, 4.69) is 5.32 Å². The first-order valence-corrected chi connectivity index (χ1v) is 9.85. The molecule has 0 bridgehead atoms. The lowest BCUT2D eigenvalue weighted by atomic mass is 9.90. The Bertz CT molecular complexity index is 970. The Hall–Kier alpha value is -3.35. The minimum atomic E-state index is -1.15. The van der Waals surface area contributed by atoms with Crippen molar-refractivity contribution in [3.05, 3.63) is 64.7 Å². The molecular weight excluding hydrogens is 384 g/mol. The predicted octanol–water partition coefficient (Wildman–Crippen LogP) is 3.54. The summed E-state index contributed by atoms with van der Waals surface area (Å²) in [6, 6.07) is 11.7. The van der Waals surface area contributed by atoms with E-state index in [0.717, 1.165) is 17.5 Å². The van der Waals surface area contributed by atoms with E-state index in [1.165, 1.54) is 4.90 Å². The number of methoxy groups -OCH3 is 1. The van der Waals surface area contributed by atoms with Gasteiger partial charge in [-0.1, -0.05) is 25.1 Å². The van der Waals surface area contributed by atoms with Crippen molar-refractivity contribution < 1.29 is 23.9 Å². The van der Waals surface area contributed by atoms with Crippen LogP contribution in [0, 0.1) is 6.92 Å². The molecule has 1 saturated heterocycles. The van der Waals surface area contributed by atoms with Crippen molar-refractivity contribution >= 4 is 17.9 Å². The lowest BCUT2D eigenvalue weighted by Gasteiger charge is -2.23. The van der Waals surface area contributed by atoms with Gasteiger partial charge in [0, 0.05) is 0 Å². The predicted molar refractivity (Wildman–Crippen MR) is 111 cm³/mol. The summed E-state index contributed by atoms with van der Waals surface area (Å²) in [4.78, 5) is 38.8. The van der Waals surface area contributed by atoms with Gasteiger partial charge in [-0.15, -0.1) is 0 Å². The number of hydrogen-bond donors (Lipinski definition) is 1. The van der Waals surface area contributed by atoms with Crippen molar-refractivity contribution in [1.29, 1.82) is 0 Å². The molecule has 3 amide bonds. The number of ether oxygens (including phenoxy) is 2. The van der Waals surface area contributed by atoms with Gasteiger partial charge in [0.2, 0.25) is 0 Å². The van der Waals surface area contributed by atoms with Crippen molar-refractivity contribution in [2.24, 2.45) is 0 Å². The highest BCUT2D eigenvalue weighted by molar-refractivity contribution is 6.07. The molecule has 1 aliphatic rings. The average molecular weight is 410 g/mol. The van der Waals surface area contributed by atoms with Gasteiger partial charge in [-0.25, -0.2) is 9.59 Å². The van der Waals surface area contributed by atoms with E-state index >= 15 is 0 Å². The number of carbonyl (C=O) groups is 3. The fourth-order valence-electron chi connectivity index (χ4n) is 3.43. The minimum absolute atomic E-state index is 0.111. The maximum Gasteiger partial charge on any atom is 0.338 e. The monoisotopic (exact) mass is 410 g/mol. The van der Waals surface area contributed by atoms with Crippen LogP contribution in [0.5, 0.6) is 5.75 Å². The molecule has 1 unspecified atom stereocenters. The number of hydrogen-bond acceptors (Lipinski definition) is 5. The third-order valence-corrected chi connectivity index (χ3v) is 5.21. The number of carbonyl (C=O) groups excluding carboxylic acids is 3. The lowest BCUT2D eigenvalue weighted by molar-refractivity contribution is -0.131. The Morgan fingerprint density at radius 2 is 1.83 bits per heavy atom. The van der Waals surface area contributed by atoms with Gasteiger partial charge in [-0.05, 0) is 61.2 Å². The van der Waals surface area contributed by atoms with Crippen molar-refractivity contribution in [3.63, 3.8) is 0 Å². The van der Waals surface area contributed by atoms with E-state index in [4.69, 9.17) is 9.47 Å². The third-order valence-electron chi connectivity index (χ3n) is 5.21. The molecule has 2 aromatic rings. The van der Waals surface area contributed by atoms with Crippen molar-refractivity contribution in [3.8, 4) is 5.75 Å². The molecule has 1 atom stereocenters. The number of urea groups is 1. The highest BCUT2D eigenvalue weighted by Crippen LogP contribution is 2.32. The normalized spacial score (nSPS) is 18.3. The summed E-state index contributed by atoms with van der Waals surface area (Å²) in [5.41, 5.74) is 1.58. The first kappa shape index (κ1) is 21.4. The Kier molecular flexibility index (Phi) is 6.10. The van der Waals surface area contributed by atoms with E-state index in [0.29, 0.717) is 23.5 Å². The Labute approximate surface area is 176 Å². The Balaban J connectivity index is 1.76. The third kappa shape index (κ3) is 4.01. The number of esters is 1. The summed E-state index contributed by atoms with van der Waals surface area (Å²) in [5, 5.41) is 2.81. The average Bonchev–Trinajstić information content (AvgIpc) is 2.96. The van der Waals surface area contributed by atoms with E-state index in [9.17, 15) is 14.4 Å². The number of amides is 3. The molecule has 0 aromatic heterocycles. The van der Waals surface area contributed by atoms with Gasteiger partial charge in [0.1, 0.15) is 11.3 Å². The molecule has 0 spiro atoms. The summed E-state index contributed by atoms with van der Waals surface area (Å²) in [5.74, 6) is -0.00197. The van der Waals surface area contributed by atoms with Crippen LogP contribution in [0.2, 0.25) is 0 Å². The van der Waals surface area contributed by atoms with Gasteiger partial charge < -0.3 is 14.8 Å². The van der Waals surface area contributed by atoms with Crippen LogP contribution in [0.25, 0.3) is 0 Å². The van der Waals surface area contributed by atoms with Crippen LogP contribution in [-0.4, -0.2) is 36.5 Å². The van der Waals surface area contributed by atoms with E-state index < -0.39 is 11.6 Å². The number of imide groups is 1. The standard InChI is InChI=1S/C23H26N2O5/c1-5-12-30-20(26)17-8-6-16(7-9-17)14-25-21(27)23(3,24-22(25)28)18-10-11-19(29-4)15(2)13-18/h6-11,13H,5,12,14H2,1-4H3,(H,24,28). The zero-order valence-corrected chi connectivity index (χ0v) is 17.7. The van der Waals surface area contributed by atoms with E-state index in [-0.39, 0.29) is 18.4 Å². The lowest BCUT2D eigenvalue weighted by Crippen LogP contribution is -2.40.